The van der Waals surface area contributed by atoms with Gasteiger partial charge in [0.25, 0.3) is 0 Å². The van der Waals surface area contributed by atoms with Crippen LogP contribution < -0.4 is 10.1 Å². The number of nitrogens with zero attached hydrogens (tertiary/aromatic N) is 2. The molecule has 0 amide bonds. The predicted molar refractivity (Wildman–Crippen MR) is 103 cm³/mol. The number of ether oxygens (including phenoxy) is 3. The molecule has 0 bridgehead atoms. The maximum Gasteiger partial charge on any atom is 0.308 e. The summed E-state index contributed by atoms with van der Waals surface area (Å²) in [5.74, 6) is 1.07. The quantitative estimate of drug-likeness (QED) is 0.469. The number of hydrogen-bond acceptors (Lipinski definition) is 5. The molecule has 154 valence electrons. The zero-order chi connectivity index (χ0) is 19.9. The number of esters is 1. The molecule has 2 aliphatic rings. The van der Waals surface area contributed by atoms with Crippen LogP contribution in [-0.4, -0.2) is 56.9 Å². The van der Waals surface area contributed by atoms with Crippen molar-refractivity contribution in [2.45, 2.75) is 32.8 Å². The molecule has 0 saturated carbocycles. The van der Waals surface area contributed by atoms with Gasteiger partial charge < -0.3 is 24.4 Å². The molecule has 28 heavy (non-hydrogen) atoms. The van der Waals surface area contributed by atoms with E-state index in [4.69, 9.17) is 19.2 Å². The van der Waals surface area contributed by atoms with E-state index >= 15 is 0 Å². The van der Waals surface area contributed by atoms with E-state index < -0.39 is 0 Å². The number of fused-ring (bicyclic) bond motifs is 1. The van der Waals surface area contributed by atoms with Crippen LogP contribution >= 0.6 is 0 Å². The Kier molecular flexibility index (Phi) is 7.08. The highest BCUT2D eigenvalue weighted by atomic mass is 19.1. The average molecular weight is 393 g/mol. The molecular formula is C20H28FN3O4. The maximum atomic E-state index is 13.9. The predicted octanol–water partition coefficient (Wildman–Crippen LogP) is 2.09. The Morgan fingerprint density at radius 2 is 2.18 bits per heavy atom. The van der Waals surface area contributed by atoms with Gasteiger partial charge in [-0.3, -0.25) is 9.79 Å². The van der Waals surface area contributed by atoms with E-state index in [0.29, 0.717) is 25.3 Å². The number of aliphatic imine (C=N–C) groups is 1. The second kappa shape index (κ2) is 9.73. The highest BCUT2D eigenvalue weighted by Crippen LogP contribution is 2.29. The number of guanidine groups is 1. The number of rotatable bonds is 5. The molecule has 7 nitrogen and oxygen atoms in total. The summed E-state index contributed by atoms with van der Waals surface area (Å²) >= 11 is 0. The summed E-state index contributed by atoms with van der Waals surface area (Å²) in [4.78, 5) is 18.6. The van der Waals surface area contributed by atoms with Gasteiger partial charge in [-0.25, -0.2) is 4.39 Å². The third-order valence-corrected chi connectivity index (χ3v) is 5.06. The molecule has 0 aromatic heterocycles. The van der Waals surface area contributed by atoms with Gasteiger partial charge in [0, 0.05) is 31.7 Å². The lowest BCUT2D eigenvalue weighted by Gasteiger charge is -2.33. The topological polar surface area (TPSA) is 72.4 Å². The smallest absolute Gasteiger partial charge is 0.308 e. The van der Waals surface area contributed by atoms with Crippen LogP contribution in [0.25, 0.3) is 0 Å². The van der Waals surface area contributed by atoms with Gasteiger partial charge in [-0.1, -0.05) is 0 Å². The summed E-state index contributed by atoms with van der Waals surface area (Å²) in [7, 11) is 1.43. The van der Waals surface area contributed by atoms with Gasteiger partial charge in [-0.05, 0) is 43.9 Å². The number of halogens is 1. The molecule has 0 aliphatic carbocycles. The number of methoxy groups -OCH3 is 1. The molecule has 0 spiro atoms. The van der Waals surface area contributed by atoms with Gasteiger partial charge in [0.15, 0.2) is 12.8 Å². The third kappa shape index (κ3) is 4.92. The van der Waals surface area contributed by atoms with Crippen molar-refractivity contribution >= 4 is 11.9 Å². The fraction of sp³-hybridized carbons (Fsp3) is 0.600. The molecule has 2 aliphatic heterocycles. The highest BCUT2D eigenvalue weighted by molar-refractivity contribution is 5.80. The largest absolute Gasteiger partial charge is 0.469 e. The van der Waals surface area contributed by atoms with Crippen LogP contribution in [0.2, 0.25) is 0 Å². The Labute approximate surface area is 164 Å². The van der Waals surface area contributed by atoms with Crippen LogP contribution in [0.5, 0.6) is 5.75 Å². The molecule has 1 N–H and O–H groups in total. The van der Waals surface area contributed by atoms with Crippen molar-refractivity contribution in [1.82, 2.24) is 10.2 Å². The number of benzene rings is 1. The second-order valence-corrected chi connectivity index (χ2v) is 6.93. The van der Waals surface area contributed by atoms with Crippen molar-refractivity contribution in [2.24, 2.45) is 10.9 Å². The van der Waals surface area contributed by atoms with E-state index in [-0.39, 0.29) is 24.5 Å². The van der Waals surface area contributed by atoms with E-state index in [1.54, 1.807) is 0 Å². The van der Waals surface area contributed by atoms with Gasteiger partial charge in [0.05, 0.1) is 19.6 Å². The Hall–Kier alpha value is -2.35. The highest BCUT2D eigenvalue weighted by Gasteiger charge is 2.27. The zero-order valence-corrected chi connectivity index (χ0v) is 16.5. The summed E-state index contributed by atoms with van der Waals surface area (Å²) in [5.41, 5.74) is 1.55. The summed E-state index contributed by atoms with van der Waals surface area (Å²) in [6.07, 6.45) is 2.08. The summed E-state index contributed by atoms with van der Waals surface area (Å²) < 4.78 is 29.5. The van der Waals surface area contributed by atoms with Gasteiger partial charge in [0.1, 0.15) is 11.6 Å². The van der Waals surface area contributed by atoms with Gasteiger partial charge in [0.2, 0.25) is 0 Å². The lowest BCUT2D eigenvalue weighted by Crippen LogP contribution is -2.46. The zero-order valence-electron chi connectivity index (χ0n) is 16.5. The fourth-order valence-electron chi connectivity index (χ4n) is 3.64. The van der Waals surface area contributed by atoms with Crippen LogP contribution in [0.3, 0.4) is 0 Å². The van der Waals surface area contributed by atoms with Crippen LogP contribution in [0.1, 0.15) is 30.9 Å². The molecule has 0 radical (unpaired) electrons. The van der Waals surface area contributed by atoms with Crippen molar-refractivity contribution in [3.05, 3.63) is 29.1 Å². The van der Waals surface area contributed by atoms with Gasteiger partial charge in [-0.2, -0.15) is 0 Å². The minimum absolute atomic E-state index is 0.0395. The number of carbonyl (C=O) groups is 1. The molecule has 2 heterocycles. The number of likely N-dealkylation sites (tertiary alicyclic amines) is 1. The van der Waals surface area contributed by atoms with Crippen molar-refractivity contribution < 1.29 is 23.4 Å². The molecule has 3 rings (SSSR count). The second-order valence-electron chi connectivity index (χ2n) is 6.93. The van der Waals surface area contributed by atoms with Crippen LogP contribution in [0.4, 0.5) is 4.39 Å². The molecule has 0 unspecified atom stereocenters. The maximum absolute atomic E-state index is 13.9. The van der Waals surface area contributed by atoms with E-state index in [9.17, 15) is 9.18 Å². The van der Waals surface area contributed by atoms with Gasteiger partial charge in [-0.15, -0.1) is 0 Å². The van der Waals surface area contributed by atoms with E-state index in [1.165, 1.54) is 19.2 Å². The standard InChI is InChI=1S/C20H28FN3O4/c1-3-22-20(24-8-5-14(6-9-24)19(25)26-2)23-7-4-15-10-17(21)11-16-12-27-13-28-18(15)16/h10-11,14H,3-9,12-13H2,1-2H3,(H,22,23). The average Bonchev–Trinajstić information content (AvgIpc) is 2.72. The van der Waals surface area contributed by atoms with Crippen molar-refractivity contribution in [1.29, 1.82) is 0 Å². The van der Waals surface area contributed by atoms with Crippen LogP contribution in [0.15, 0.2) is 17.1 Å². The van der Waals surface area contributed by atoms with Crippen molar-refractivity contribution in [3.63, 3.8) is 0 Å². The van der Waals surface area contributed by atoms with Crippen LogP contribution in [-0.2, 0) is 27.3 Å². The van der Waals surface area contributed by atoms with E-state index in [2.05, 4.69) is 10.2 Å². The summed E-state index contributed by atoms with van der Waals surface area (Å²) in [6.45, 7) is 5.34. The molecule has 8 heteroatoms. The van der Waals surface area contributed by atoms with Gasteiger partial charge >= 0.3 is 5.97 Å². The first-order valence-corrected chi connectivity index (χ1v) is 9.75. The van der Waals surface area contributed by atoms with Crippen LogP contribution in [0, 0.1) is 11.7 Å². The van der Waals surface area contributed by atoms with E-state index in [0.717, 1.165) is 49.6 Å². The first-order chi connectivity index (χ1) is 13.6. The number of piperidine rings is 1. The number of hydrogen-bond donors (Lipinski definition) is 1. The minimum atomic E-state index is -0.288. The first-order valence-electron chi connectivity index (χ1n) is 9.75. The third-order valence-electron chi connectivity index (χ3n) is 5.06. The van der Waals surface area contributed by atoms with Crippen molar-refractivity contribution in [3.8, 4) is 5.75 Å². The monoisotopic (exact) mass is 393 g/mol. The lowest BCUT2D eigenvalue weighted by molar-refractivity contribution is -0.146. The first kappa shape index (κ1) is 20.4. The summed E-state index contributed by atoms with van der Waals surface area (Å²) in [5, 5.41) is 3.30. The molecule has 1 saturated heterocycles. The summed E-state index contributed by atoms with van der Waals surface area (Å²) in [6, 6.07) is 2.96. The lowest BCUT2D eigenvalue weighted by atomic mass is 9.97. The number of nitrogens with one attached hydrogen (secondary N) is 1. The SMILES string of the molecule is CCNC(=NCCc1cc(F)cc2c1OCOC2)N1CCC(C(=O)OC)CC1. The Bertz CT molecular complexity index is 718. The minimum Gasteiger partial charge on any atom is -0.469 e. The molecule has 0 atom stereocenters. The number of carbonyl (C=O) groups excluding carboxylic acids is 1. The van der Waals surface area contributed by atoms with Crippen molar-refractivity contribution in [2.75, 3.05) is 40.1 Å². The Morgan fingerprint density at radius 3 is 2.89 bits per heavy atom. The Morgan fingerprint density at radius 1 is 1.39 bits per heavy atom. The molecular weight excluding hydrogens is 365 g/mol. The van der Waals surface area contributed by atoms with E-state index in [1.807, 2.05) is 6.92 Å². The molecule has 1 fully saturated rings. The molecule has 1 aromatic carbocycles. The fourth-order valence-corrected chi connectivity index (χ4v) is 3.64. The normalized spacial score (nSPS) is 17.7. The molecule has 1 aromatic rings. The Balaban J connectivity index is 1.63.